The highest BCUT2D eigenvalue weighted by molar-refractivity contribution is 5.00. The summed E-state index contributed by atoms with van der Waals surface area (Å²) in [4.78, 5) is 7.20. The average molecular weight is 278 g/mol. The molecule has 2 aliphatic heterocycles. The van der Waals surface area contributed by atoms with E-state index in [4.69, 9.17) is 9.51 Å². The van der Waals surface area contributed by atoms with Gasteiger partial charge in [-0.25, -0.2) is 0 Å². The van der Waals surface area contributed by atoms with E-state index >= 15 is 0 Å². The average Bonchev–Trinajstić information content (AvgIpc) is 2.98. The highest BCUT2D eigenvalue weighted by Crippen LogP contribution is 2.32. The van der Waals surface area contributed by atoms with E-state index in [1.54, 1.807) is 0 Å². The van der Waals surface area contributed by atoms with Crippen LogP contribution in [-0.2, 0) is 0 Å². The third-order valence-corrected chi connectivity index (χ3v) is 4.57. The summed E-state index contributed by atoms with van der Waals surface area (Å²) in [5.41, 5.74) is 0. The van der Waals surface area contributed by atoms with Gasteiger partial charge in [-0.3, -0.25) is 4.90 Å². The number of piperidine rings is 2. The highest BCUT2D eigenvalue weighted by atomic mass is 16.5. The monoisotopic (exact) mass is 278 g/mol. The first-order valence-corrected chi connectivity index (χ1v) is 8.08. The van der Waals surface area contributed by atoms with Gasteiger partial charge < -0.3 is 9.84 Å². The van der Waals surface area contributed by atoms with Crippen LogP contribution < -0.4 is 5.32 Å². The maximum absolute atomic E-state index is 5.59. The van der Waals surface area contributed by atoms with Crippen molar-refractivity contribution in [3.63, 3.8) is 0 Å². The van der Waals surface area contributed by atoms with Crippen molar-refractivity contribution in [2.45, 2.75) is 70.5 Å². The molecule has 0 bridgehead atoms. The molecule has 0 radical (unpaired) electrons. The lowest BCUT2D eigenvalue weighted by molar-refractivity contribution is 0.0875. The maximum Gasteiger partial charge on any atom is 0.244 e. The minimum atomic E-state index is 0.289. The van der Waals surface area contributed by atoms with Gasteiger partial charge in [-0.15, -0.1) is 0 Å². The molecule has 2 saturated heterocycles. The fraction of sp³-hybridized carbons (Fsp3) is 0.867. The number of hydrogen-bond acceptors (Lipinski definition) is 5. The Morgan fingerprint density at radius 2 is 2.05 bits per heavy atom. The van der Waals surface area contributed by atoms with Gasteiger partial charge in [0.2, 0.25) is 5.89 Å². The Morgan fingerprint density at radius 1 is 1.20 bits per heavy atom. The van der Waals surface area contributed by atoms with Gasteiger partial charge in [-0.05, 0) is 52.6 Å². The van der Waals surface area contributed by atoms with E-state index in [-0.39, 0.29) is 6.04 Å². The first-order chi connectivity index (χ1) is 9.75. The van der Waals surface area contributed by atoms with E-state index in [2.05, 4.69) is 29.2 Å². The summed E-state index contributed by atoms with van der Waals surface area (Å²) >= 11 is 0. The fourth-order valence-corrected chi connectivity index (χ4v) is 3.43. The molecule has 1 aromatic rings. The summed E-state index contributed by atoms with van der Waals surface area (Å²) in [6.45, 7) is 6.70. The van der Waals surface area contributed by atoms with Crippen LogP contribution >= 0.6 is 0 Å². The SMILES string of the molecule is CC(C)N1CCCCC1c1nc(C2CCCCN2)no1. The minimum Gasteiger partial charge on any atom is -0.338 e. The van der Waals surface area contributed by atoms with E-state index < -0.39 is 0 Å². The molecular formula is C15H26N4O. The van der Waals surface area contributed by atoms with Crippen LogP contribution in [0.3, 0.4) is 0 Å². The van der Waals surface area contributed by atoms with Gasteiger partial charge in [0.1, 0.15) is 0 Å². The molecule has 0 aliphatic carbocycles. The number of rotatable bonds is 3. The normalized spacial score (nSPS) is 28.9. The van der Waals surface area contributed by atoms with Crippen molar-refractivity contribution in [1.29, 1.82) is 0 Å². The molecule has 2 aliphatic rings. The number of likely N-dealkylation sites (tertiary alicyclic amines) is 1. The lowest BCUT2D eigenvalue weighted by Crippen LogP contribution is -2.38. The van der Waals surface area contributed by atoms with Crippen LogP contribution in [0.4, 0.5) is 0 Å². The van der Waals surface area contributed by atoms with Crippen LogP contribution in [0.2, 0.25) is 0 Å². The number of hydrogen-bond donors (Lipinski definition) is 1. The zero-order valence-corrected chi connectivity index (χ0v) is 12.6. The lowest BCUT2D eigenvalue weighted by Gasteiger charge is -2.36. The first-order valence-electron chi connectivity index (χ1n) is 8.08. The van der Waals surface area contributed by atoms with Crippen molar-refractivity contribution in [1.82, 2.24) is 20.4 Å². The number of nitrogens with zero attached hydrogens (tertiary/aromatic N) is 3. The van der Waals surface area contributed by atoms with E-state index in [1.807, 2.05) is 0 Å². The molecule has 1 aromatic heterocycles. The summed E-state index contributed by atoms with van der Waals surface area (Å²) in [5, 5.41) is 7.72. The molecule has 2 atom stereocenters. The Balaban J connectivity index is 1.74. The van der Waals surface area contributed by atoms with Crippen molar-refractivity contribution >= 4 is 0 Å². The van der Waals surface area contributed by atoms with E-state index in [0.717, 1.165) is 37.6 Å². The third-order valence-electron chi connectivity index (χ3n) is 4.57. The van der Waals surface area contributed by atoms with Gasteiger partial charge in [-0.1, -0.05) is 18.0 Å². The van der Waals surface area contributed by atoms with Crippen molar-refractivity contribution in [3.05, 3.63) is 11.7 Å². The zero-order valence-electron chi connectivity index (χ0n) is 12.6. The number of aromatic nitrogens is 2. The maximum atomic E-state index is 5.59. The molecule has 0 aromatic carbocycles. The lowest BCUT2D eigenvalue weighted by atomic mass is 10.00. The van der Waals surface area contributed by atoms with Crippen LogP contribution in [-0.4, -0.2) is 34.2 Å². The molecule has 0 amide bonds. The Hall–Kier alpha value is -0.940. The second kappa shape index (κ2) is 6.22. The van der Waals surface area contributed by atoms with Gasteiger partial charge in [-0.2, -0.15) is 4.98 Å². The quantitative estimate of drug-likeness (QED) is 0.921. The van der Waals surface area contributed by atoms with E-state index in [0.29, 0.717) is 12.1 Å². The predicted molar refractivity (Wildman–Crippen MR) is 77.3 cm³/mol. The van der Waals surface area contributed by atoms with Gasteiger partial charge >= 0.3 is 0 Å². The zero-order chi connectivity index (χ0) is 13.9. The minimum absolute atomic E-state index is 0.289. The molecule has 2 fully saturated rings. The molecule has 20 heavy (non-hydrogen) atoms. The number of nitrogens with one attached hydrogen (secondary N) is 1. The van der Waals surface area contributed by atoms with Crippen LogP contribution in [0.15, 0.2) is 4.52 Å². The first kappa shape index (κ1) is 14.0. The van der Waals surface area contributed by atoms with E-state index in [9.17, 15) is 0 Å². The van der Waals surface area contributed by atoms with Gasteiger partial charge in [0, 0.05) is 6.04 Å². The van der Waals surface area contributed by atoms with Crippen LogP contribution in [0.1, 0.15) is 76.2 Å². The Labute approximate surface area is 121 Å². The van der Waals surface area contributed by atoms with Crippen LogP contribution in [0.25, 0.3) is 0 Å². The van der Waals surface area contributed by atoms with Crippen molar-refractivity contribution in [3.8, 4) is 0 Å². The summed E-state index contributed by atoms with van der Waals surface area (Å²) in [6.07, 6.45) is 7.30. The topological polar surface area (TPSA) is 54.2 Å². The molecule has 112 valence electrons. The molecule has 3 rings (SSSR count). The molecule has 2 unspecified atom stereocenters. The summed E-state index contributed by atoms with van der Waals surface area (Å²) in [6, 6.07) is 1.13. The second-order valence-electron chi connectivity index (χ2n) is 6.34. The molecule has 5 nitrogen and oxygen atoms in total. The van der Waals surface area contributed by atoms with Crippen molar-refractivity contribution in [2.24, 2.45) is 0 Å². The Morgan fingerprint density at radius 3 is 2.80 bits per heavy atom. The van der Waals surface area contributed by atoms with Crippen molar-refractivity contribution in [2.75, 3.05) is 13.1 Å². The molecule has 5 heteroatoms. The summed E-state index contributed by atoms with van der Waals surface area (Å²) in [7, 11) is 0. The van der Waals surface area contributed by atoms with Crippen molar-refractivity contribution < 1.29 is 4.52 Å². The van der Waals surface area contributed by atoms with Crippen LogP contribution in [0.5, 0.6) is 0 Å². The predicted octanol–water partition coefficient (Wildman–Crippen LogP) is 2.82. The van der Waals surface area contributed by atoms with Gasteiger partial charge in [0.15, 0.2) is 5.82 Å². The molecule has 1 N–H and O–H groups in total. The summed E-state index contributed by atoms with van der Waals surface area (Å²) < 4.78 is 5.59. The summed E-state index contributed by atoms with van der Waals surface area (Å²) in [5.74, 6) is 1.68. The Kier molecular flexibility index (Phi) is 4.36. The molecule has 0 saturated carbocycles. The largest absolute Gasteiger partial charge is 0.338 e. The van der Waals surface area contributed by atoms with E-state index in [1.165, 1.54) is 25.7 Å². The third kappa shape index (κ3) is 2.88. The second-order valence-corrected chi connectivity index (χ2v) is 6.34. The van der Waals surface area contributed by atoms with Gasteiger partial charge in [0.05, 0.1) is 12.1 Å². The smallest absolute Gasteiger partial charge is 0.244 e. The molecule has 3 heterocycles. The van der Waals surface area contributed by atoms with Crippen LogP contribution in [0, 0.1) is 0 Å². The van der Waals surface area contributed by atoms with Gasteiger partial charge in [0.25, 0.3) is 0 Å². The fourth-order valence-electron chi connectivity index (χ4n) is 3.43. The Bertz CT molecular complexity index is 425. The molecule has 0 spiro atoms. The standard InChI is InChI=1S/C15H26N4O/c1-11(2)19-10-6-4-8-13(19)15-17-14(18-20-15)12-7-3-5-9-16-12/h11-13,16H,3-10H2,1-2H3. The highest BCUT2D eigenvalue weighted by Gasteiger charge is 2.31. The molecular weight excluding hydrogens is 252 g/mol.